The Morgan fingerprint density at radius 1 is 0.971 bits per heavy atom. The fourth-order valence-corrected chi connectivity index (χ4v) is 5.80. The molecule has 0 saturated carbocycles. The molecule has 0 spiro atoms. The molecule has 0 saturated heterocycles. The Morgan fingerprint density at radius 2 is 1.57 bits per heavy atom. The SMILES string of the molecule is Cc1cc(C)c(S(=O)(=O)N[C@@H](Cc2ccccc2)C(=O)Nc2ccc(Cl)c(C(F)(F)F)c2)c(C)c1. The van der Waals surface area contributed by atoms with Crippen molar-refractivity contribution in [2.45, 2.75) is 44.3 Å². The van der Waals surface area contributed by atoms with Gasteiger partial charge in [-0.25, -0.2) is 8.42 Å². The summed E-state index contributed by atoms with van der Waals surface area (Å²) in [6, 6.07) is 13.8. The molecule has 35 heavy (non-hydrogen) atoms. The second-order valence-electron chi connectivity index (χ2n) is 8.27. The lowest BCUT2D eigenvalue weighted by Gasteiger charge is -2.21. The molecule has 0 aliphatic carbocycles. The molecular formula is C25H24ClF3N2O3S. The van der Waals surface area contributed by atoms with Crippen molar-refractivity contribution in [2.75, 3.05) is 5.32 Å². The van der Waals surface area contributed by atoms with E-state index in [4.69, 9.17) is 11.6 Å². The topological polar surface area (TPSA) is 75.3 Å². The van der Waals surface area contributed by atoms with Crippen LogP contribution in [0.1, 0.15) is 27.8 Å². The molecule has 0 aromatic heterocycles. The van der Waals surface area contributed by atoms with Gasteiger partial charge in [-0.05, 0) is 62.1 Å². The van der Waals surface area contributed by atoms with Crippen molar-refractivity contribution in [2.24, 2.45) is 0 Å². The Morgan fingerprint density at radius 3 is 2.14 bits per heavy atom. The fourth-order valence-electron chi connectivity index (χ4n) is 3.92. The summed E-state index contributed by atoms with van der Waals surface area (Å²) in [5.74, 6) is -0.810. The highest BCUT2D eigenvalue weighted by molar-refractivity contribution is 7.89. The molecule has 0 radical (unpaired) electrons. The van der Waals surface area contributed by atoms with Gasteiger partial charge in [-0.1, -0.05) is 59.6 Å². The van der Waals surface area contributed by atoms with Crippen LogP contribution < -0.4 is 10.0 Å². The van der Waals surface area contributed by atoms with Gasteiger partial charge in [0.05, 0.1) is 15.5 Å². The van der Waals surface area contributed by atoms with E-state index in [1.165, 1.54) is 6.07 Å². The quantitative estimate of drug-likeness (QED) is 0.409. The molecule has 0 aliphatic heterocycles. The van der Waals surface area contributed by atoms with Crippen molar-refractivity contribution in [1.29, 1.82) is 0 Å². The summed E-state index contributed by atoms with van der Waals surface area (Å²) in [5.41, 5.74) is 1.32. The molecule has 0 heterocycles. The zero-order valence-electron chi connectivity index (χ0n) is 19.2. The molecule has 2 N–H and O–H groups in total. The third kappa shape index (κ3) is 6.62. The van der Waals surface area contributed by atoms with E-state index < -0.39 is 38.7 Å². The summed E-state index contributed by atoms with van der Waals surface area (Å²) in [7, 11) is -4.15. The second kappa shape index (κ2) is 10.4. The van der Waals surface area contributed by atoms with Gasteiger partial charge in [-0.2, -0.15) is 17.9 Å². The van der Waals surface area contributed by atoms with Crippen molar-refractivity contribution in [3.05, 3.63) is 93.5 Å². The number of benzene rings is 3. The maximum absolute atomic E-state index is 13.3. The summed E-state index contributed by atoms with van der Waals surface area (Å²) < 4.78 is 68.8. The third-order valence-electron chi connectivity index (χ3n) is 5.31. The lowest BCUT2D eigenvalue weighted by atomic mass is 10.1. The highest BCUT2D eigenvalue weighted by atomic mass is 35.5. The van der Waals surface area contributed by atoms with Crippen LogP contribution in [0, 0.1) is 20.8 Å². The van der Waals surface area contributed by atoms with Crippen LogP contribution in [-0.2, 0) is 27.4 Å². The van der Waals surface area contributed by atoms with Gasteiger partial charge in [-0.3, -0.25) is 4.79 Å². The number of amides is 1. The average Bonchev–Trinajstić information content (AvgIpc) is 2.73. The van der Waals surface area contributed by atoms with Crippen LogP contribution >= 0.6 is 11.6 Å². The van der Waals surface area contributed by atoms with Crippen LogP contribution in [0.3, 0.4) is 0 Å². The second-order valence-corrected chi connectivity index (χ2v) is 10.3. The zero-order valence-corrected chi connectivity index (χ0v) is 20.8. The van der Waals surface area contributed by atoms with Gasteiger partial charge in [0, 0.05) is 5.69 Å². The number of hydrogen-bond acceptors (Lipinski definition) is 3. The molecule has 186 valence electrons. The minimum Gasteiger partial charge on any atom is -0.325 e. The van der Waals surface area contributed by atoms with Crippen LogP contribution in [0.2, 0.25) is 5.02 Å². The number of aryl methyl sites for hydroxylation is 3. The van der Waals surface area contributed by atoms with Crippen molar-refractivity contribution >= 4 is 33.2 Å². The lowest BCUT2D eigenvalue weighted by Crippen LogP contribution is -2.45. The average molecular weight is 525 g/mol. The highest BCUT2D eigenvalue weighted by Crippen LogP contribution is 2.36. The summed E-state index contributed by atoms with van der Waals surface area (Å²) in [6.07, 6.45) is -4.74. The normalized spacial score (nSPS) is 12.9. The third-order valence-corrected chi connectivity index (χ3v) is 7.42. The van der Waals surface area contributed by atoms with Crippen LogP contribution in [0.15, 0.2) is 65.6 Å². The predicted octanol–water partition coefficient (Wildman–Crippen LogP) is 5.81. The minimum atomic E-state index is -4.72. The molecule has 0 aliphatic rings. The first-order valence-corrected chi connectivity index (χ1v) is 12.5. The molecule has 1 atom stereocenters. The van der Waals surface area contributed by atoms with Crippen LogP contribution in [-0.4, -0.2) is 20.4 Å². The smallest absolute Gasteiger partial charge is 0.325 e. The van der Waals surface area contributed by atoms with E-state index in [2.05, 4.69) is 10.0 Å². The molecule has 3 rings (SSSR count). The van der Waals surface area contributed by atoms with Crippen molar-refractivity contribution < 1.29 is 26.4 Å². The van der Waals surface area contributed by atoms with Crippen molar-refractivity contribution in [3.63, 3.8) is 0 Å². The maximum atomic E-state index is 13.3. The zero-order chi connectivity index (χ0) is 26.0. The molecule has 10 heteroatoms. The predicted molar refractivity (Wildman–Crippen MR) is 130 cm³/mol. The van der Waals surface area contributed by atoms with Gasteiger partial charge in [0.25, 0.3) is 0 Å². The van der Waals surface area contributed by atoms with Gasteiger partial charge in [0.1, 0.15) is 6.04 Å². The van der Waals surface area contributed by atoms with Gasteiger partial charge >= 0.3 is 6.18 Å². The van der Waals surface area contributed by atoms with Gasteiger partial charge in [0.15, 0.2) is 0 Å². The van der Waals surface area contributed by atoms with Crippen LogP contribution in [0.25, 0.3) is 0 Å². The van der Waals surface area contributed by atoms with Gasteiger partial charge < -0.3 is 5.32 Å². The first-order chi connectivity index (χ1) is 16.3. The minimum absolute atomic E-state index is 0.0183. The summed E-state index contributed by atoms with van der Waals surface area (Å²) >= 11 is 5.66. The Hall–Kier alpha value is -2.88. The Bertz CT molecular complexity index is 1320. The first kappa shape index (κ1) is 26.7. The number of nitrogens with one attached hydrogen (secondary N) is 2. The lowest BCUT2D eigenvalue weighted by molar-refractivity contribution is -0.137. The Balaban J connectivity index is 1.96. The molecule has 0 bridgehead atoms. The first-order valence-electron chi connectivity index (χ1n) is 10.6. The number of anilines is 1. The van der Waals surface area contributed by atoms with E-state index in [0.29, 0.717) is 22.8 Å². The summed E-state index contributed by atoms with van der Waals surface area (Å²) in [5, 5.41) is 1.88. The monoisotopic (exact) mass is 524 g/mol. The van der Waals surface area contributed by atoms with E-state index in [9.17, 15) is 26.4 Å². The molecule has 0 fully saturated rings. The van der Waals surface area contributed by atoms with Crippen LogP contribution in [0.4, 0.5) is 18.9 Å². The van der Waals surface area contributed by atoms with E-state index in [-0.39, 0.29) is 17.0 Å². The number of rotatable bonds is 7. The largest absolute Gasteiger partial charge is 0.417 e. The van der Waals surface area contributed by atoms with Crippen LogP contribution in [0.5, 0.6) is 0 Å². The molecule has 0 unspecified atom stereocenters. The number of carbonyl (C=O) groups excluding carboxylic acids is 1. The number of hydrogen-bond donors (Lipinski definition) is 2. The van der Waals surface area contributed by atoms with Crippen molar-refractivity contribution in [1.82, 2.24) is 4.72 Å². The molecule has 3 aromatic rings. The van der Waals surface area contributed by atoms with E-state index in [1.54, 1.807) is 56.3 Å². The molecular weight excluding hydrogens is 501 g/mol. The van der Waals surface area contributed by atoms with Gasteiger partial charge in [-0.15, -0.1) is 0 Å². The summed E-state index contributed by atoms with van der Waals surface area (Å²) in [4.78, 5) is 13.2. The molecule has 3 aromatic carbocycles. The maximum Gasteiger partial charge on any atom is 0.417 e. The van der Waals surface area contributed by atoms with Gasteiger partial charge in [0.2, 0.25) is 15.9 Å². The number of alkyl halides is 3. The standard InChI is InChI=1S/C25H24ClF3N2O3S/c1-15-11-16(2)23(17(3)12-15)35(33,34)31-22(13-18-7-5-4-6-8-18)24(32)30-19-9-10-21(26)20(14-19)25(27,28)29/h4-12,14,22,31H,13H2,1-3H3,(H,30,32)/t22-/m0/s1. The number of carbonyl (C=O) groups is 1. The van der Waals surface area contributed by atoms with E-state index >= 15 is 0 Å². The molecule has 1 amide bonds. The number of sulfonamides is 1. The Kier molecular flexibility index (Phi) is 7.93. The molecule has 5 nitrogen and oxygen atoms in total. The number of halogens is 4. The fraction of sp³-hybridized carbons (Fsp3) is 0.240. The Labute approximate surface area is 207 Å². The van der Waals surface area contributed by atoms with E-state index in [0.717, 1.165) is 11.6 Å². The highest BCUT2D eigenvalue weighted by Gasteiger charge is 2.34. The van der Waals surface area contributed by atoms with E-state index in [1.807, 2.05) is 6.92 Å². The van der Waals surface area contributed by atoms with Crippen molar-refractivity contribution in [3.8, 4) is 0 Å². The summed E-state index contributed by atoms with van der Waals surface area (Å²) in [6.45, 7) is 5.16.